The Morgan fingerprint density at radius 3 is 2.69 bits per heavy atom. The molecule has 1 aromatic carbocycles. The molecule has 3 rings (SSSR count). The average Bonchev–Trinajstić information content (AvgIpc) is 2.70. The first kappa shape index (κ1) is 20.1. The molecule has 0 radical (unpaired) electrons. The van der Waals surface area contributed by atoms with Crippen molar-refractivity contribution in [3.8, 4) is 17.0 Å². The number of nitrogens with one attached hydrogen (secondary N) is 1. The fourth-order valence-electron chi connectivity index (χ4n) is 2.68. The number of aromatic hydroxyl groups is 1. The van der Waals surface area contributed by atoms with Crippen molar-refractivity contribution in [3.05, 3.63) is 65.7 Å². The zero-order valence-electron chi connectivity index (χ0n) is 15.2. The van der Waals surface area contributed by atoms with Crippen molar-refractivity contribution in [1.82, 2.24) is 15.2 Å². The minimum atomic E-state index is -1.26. The van der Waals surface area contributed by atoms with Crippen LogP contribution >= 0.6 is 0 Å². The summed E-state index contributed by atoms with van der Waals surface area (Å²) in [7, 11) is 0. The van der Waals surface area contributed by atoms with Gasteiger partial charge in [0.05, 0.1) is 11.4 Å². The number of alkyl halides is 1. The van der Waals surface area contributed by atoms with Crippen LogP contribution in [0.2, 0.25) is 0 Å². The molecule has 0 fully saturated rings. The van der Waals surface area contributed by atoms with Crippen molar-refractivity contribution in [2.45, 2.75) is 19.0 Å². The van der Waals surface area contributed by atoms with Crippen molar-refractivity contribution < 1.29 is 23.8 Å². The lowest BCUT2D eigenvalue weighted by atomic mass is 10.1. The molecule has 2 aromatic heterocycles. The van der Waals surface area contributed by atoms with Gasteiger partial charge in [0.1, 0.15) is 29.1 Å². The third-order valence-corrected chi connectivity index (χ3v) is 4.20. The molecule has 0 bridgehead atoms. The summed E-state index contributed by atoms with van der Waals surface area (Å²) in [6, 6.07) is 10.1. The smallest absolute Gasteiger partial charge is 0.339 e. The number of hydrogen-bond donors (Lipinski definition) is 3. The number of hydrogen-bond acceptors (Lipinski definition) is 6. The first-order valence-corrected chi connectivity index (χ1v) is 8.82. The van der Waals surface area contributed by atoms with Gasteiger partial charge in [-0.05, 0) is 48.9 Å². The van der Waals surface area contributed by atoms with E-state index in [1.54, 1.807) is 12.1 Å². The summed E-state index contributed by atoms with van der Waals surface area (Å²) in [5, 5.41) is 29.6. The quantitative estimate of drug-likeness (QED) is 0.531. The van der Waals surface area contributed by atoms with Crippen LogP contribution in [0, 0.1) is 5.82 Å². The number of phenols is 1. The fourth-order valence-corrected chi connectivity index (χ4v) is 2.68. The van der Waals surface area contributed by atoms with Crippen LogP contribution in [0.4, 0.5) is 14.6 Å². The summed E-state index contributed by atoms with van der Waals surface area (Å²) in [4.78, 5) is 14.9. The third-order valence-electron chi connectivity index (χ3n) is 4.20. The van der Waals surface area contributed by atoms with Gasteiger partial charge in [-0.2, -0.15) is 0 Å². The lowest BCUT2D eigenvalue weighted by Gasteiger charge is -2.10. The molecular weight excluding hydrogens is 382 g/mol. The number of carbonyl (C=O) groups is 1. The molecular formula is C20H18F2N4O3. The summed E-state index contributed by atoms with van der Waals surface area (Å²) < 4.78 is 27.5. The Labute approximate surface area is 165 Å². The van der Waals surface area contributed by atoms with Gasteiger partial charge in [-0.1, -0.05) is 0 Å². The summed E-state index contributed by atoms with van der Waals surface area (Å²) in [5.41, 5.74) is 0.774. The highest BCUT2D eigenvalue weighted by molar-refractivity contribution is 5.92. The number of carboxylic acid groups (broad SMARTS) is 1. The molecule has 0 spiro atoms. The standard InChI is InChI=1S/C20H18F2N4O3/c21-13(11-17-15(22)2-1-8-23-17)7-9-24-19-6-4-16(25-26-19)12-3-5-18(27)14(10-12)20(28)29/h1-6,8,10,13,27H,7,9,11H2,(H,24,26)(H,28,29)/t13-/m0/s1. The second-order valence-corrected chi connectivity index (χ2v) is 6.29. The first-order chi connectivity index (χ1) is 13.9. The SMILES string of the molecule is O=C(O)c1cc(-c2ccc(NCC[C@H](F)Cc3ncccc3F)nn2)ccc1O. The van der Waals surface area contributed by atoms with Crippen LogP contribution in [0.25, 0.3) is 11.3 Å². The molecule has 150 valence electrons. The number of pyridine rings is 1. The van der Waals surface area contributed by atoms with Crippen molar-refractivity contribution in [2.24, 2.45) is 0 Å². The molecule has 0 aliphatic rings. The summed E-state index contributed by atoms with van der Waals surface area (Å²) >= 11 is 0. The zero-order valence-corrected chi connectivity index (χ0v) is 15.2. The lowest BCUT2D eigenvalue weighted by Crippen LogP contribution is -2.14. The number of aromatic carboxylic acids is 1. The van der Waals surface area contributed by atoms with Gasteiger partial charge in [-0.25, -0.2) is 13.6 Å². The van der Waals surface area contributed by atoms with Crippen LogP contribution in [-0.4, -0.2) is 44.1 Å². The van der Waals surface area contributed by atoms with Crippen LogP contribution in [-0.2, 0) is 6.42 Å². The highest BCUT2D eigenvalue weighted by atomic mass is 19.1. The van der Waals surface area contributed by atoms with Crippen LogP contribution in [0.1, 0.15) is 22.5 Å². The summed E-state index contributed by atoms with van der Waals surface area (Å²) in [6.45, 7) is 0.270. The average molecular weight is 400 g/mol. The van der Waals surface area contributed by atoms with E-state index >= 15 is 0 Å². The van der Waals surface area contributed by atoms with E-state index in [0.717, 1.165) is 0 Å². The Morgan fingerprint density at radius 1 is 1.17 bits per heavy atom. The molecule has 9 heteroatoms. The van der Waals surface area contributed by atoms with Gasteiger partial charge in [-0.3, -0.25) is 4.98 Å². The molecule has 3 N–H and O–H groups in total. The van der Waals surface area contributed by atoms with E-state index < -0.39 is 18.0 Å². The van der Waals surface area contributed by atoms with E-state index in [0.29, 0.717) is 17.1 Å². The van der Waals surface area contributed by atoms with Gasteiger partial charge in [-0.15, -0.1) is 10.2 Å². The predicted molar refractivity (Wildman–Crippen MR) is 102 cm³/mol. The number of halogens is 2. The molecule has 0 saturated heterocycles. The molecule has 0 aliphatic heterocycles. The third kappa shape index (κ3) is 5.22. The molecule has 0 saturated carbocycles. The van der Waals surface area contributed by atoms with E-state index in [4.69, 9.17) is 5.11 Å². The van der Waals surface area contributed by atoms with Crippen LogP contribution in [0.3, 0.4) is 0 Å². The highest BCUT2D eigenvalue weighted by Crippen LogP contribution is 2.25. The highest BCUT2D eigenvalue weighted by Gasteiger charge is 2.13. The lowest BCUT2D eigenvalue weighted by molar-refractivity contribution is 0.0693. The Bertz CT molecular complexity index is 999. The molecule has 0 aliphatic carbocycles. The number of carboxylic acids is 1. The topological polar surface area (TPSA) is 108 Å². The first-order valence-electron chi connectivity index (χ1n) is 8.82. The number of benzene rings is 1. The molecule has 0 unspecified atom stereocenters. The fraction of sp³-hybridized carbons (Fsp3) is 0.200. The van der Waals surface area contributed by atoms with Gasteiger partial charge < -0.3 is 15.5 Å². The predicted octanol–water partition coefficient (Wildman–Crippen LogP) is 3.46. The maximum Gasteiger partial charge on any atom is 0.339 e. The van der Waals surface area contributed by atoms with Gasteiger partial charge in [0.25, 0.3) is 0 Å². The normalized spacial score (nSPS) is 11.8. The van der Waals surface area contributed by atoms with Crippen molar-refractivity contribution in [1.29, 1.82) is 0 Å². The Balaban J connectivity index is 1.55. The summed E-state index contributed by atoms with van der Waals surface area (Å²) in [6.07, 6.45) is 0.199. The maximum absolute atomic E-state index is 14.0. The summed E-state index contributed by atoms with van der Waals surface area (Å²) in [5.74, 6) is -1.69. The Morgan fingerprint density at radius 2 is 2.00 bits per heavy atom. The van der Waals surface area contributed by atoms with Gasteiger partial charge in [0.2, 0.25) is 0 Å². The minimum Gasteiger partial charge on any atom is -0.507 e. The molecule has 1 atom stereocenters. The van der Waals surface area contributed by atoms with Gasteiger partial charge in [0, 0.05) is 24.7 Å². The number of anilines is 1. The monoisotopic (exact) mass is 400 g/mol. The largest absolute Gasteiger partial charge is 0.507 e. The van der Waals surface area contributed by atoms with E-state index in [1.165, 1.54) is 36.5 Å². The second-order valence-electron chi connectivity index (χ2n) is 6.29. The molecule has 7 nitrogen and oxygen atoms in total. The molecule has 29 heavy (non-hydrogen) atoms. The van der Waals surface area contributed by atoms with Crippen molar-refractivity contribution >= 4 is 11.8 Å². The van der Waals surface area contributed by atoms with E-state index in [2.05, 4.69) is 20.5 Å². The number of rotatable bonds is 8. The van der Waals surface area contributed by atoms with E-state index in [9.17, 15) is 18.7 Å². The number of nitrogens with zero attached hydrogens (tertiary/aromatic N) is 3. The zero-order chi connectivity index (χ0) is 20.8. The molecule has 2 heterocycles. The van der Waals surface area contributed by atoms with Crippen LogP contribution in [0.15, 0.2) is 48.7 Å². The minimum absolute atomic E-state index is 0.0961. The van der Waals surface area contributed by atoms with Crippen LogP contribution in [0.5, 0.6) is 5.75 Å². The van der Waals surface area contributed by atoms with Crippen molar-refractivity contribution in [2.75, 3.05) is 11.9 Å². The molecule has 0 amide bonds. The Kier molecular flexibility index (Phi) is 6.28. The molecule has 3 aromatic rings. The van der Waals surface area contributed by atoms with Crippen molar-refractivity contribution in [3.63, 3.8) is 0 Å². The van der Waals surface area contributed by atoms with Gasteiger partial charge in [0.15, 0.2) is 0 Å². The maximum atomic E-state index is 14.0. The van der Waals surface area contributed by atoms with Gasteiger partial charge >= 0.3 is 5.97 Å². The van der Waals surface area contributed by atoms with Crippen LogP contribution < -0.4 is 5.32 Å². The van der Waals surface area contributed by atoms with E-state index in [1.807, 2.05) is 0 Å². The number of aromatic nitrogens is 3. The second kappa shape index (κ2) is 9.05. The van der Waals surface area contributed by atoms with E-state index in [-0.39, 0.29) is 36.4 Å². The Hall–Kier alpha value is -3.62.